The third-order valence-electron chi connectivity index (χ3n) is 4.91. The first-order chi connectivity index (χ1) is 11.1. The van der Waals surface area contributed by atoms with Crippen LogP contribution in [-0.4, -0.2) is 59.0 Å². The van der Waals surface area contributed by atoms with E-state index in [-0.39, 0.29) is 0 Å². The summed E-state index contributed by atoms with van der Waals surface area (Å²) in [7, 11) is -3.14. The van der Waals surface area contributed by atoms with E-state index in [4.69, 9.17) is 4.74 Å². The fourth-order valence-corrected chi connectivity index (χ4v) is 4.32. The van der Waals surface area contributed by atoms with Crippen molar-refractivity contribution in [3.63, 3.8) is 0 Å². The number of benzene rings is 1. The second kappa shape index (κ2) is 7.30. The zero-order valence-electron chi connectivity index (χ0n) is 13.7. The van der Waals surface area contributed by atoms with Gasteiger partial charge in [0.1, 0.15) is 0 Å². The molecule has 2 saturated heterocycles. The fraction of sp³-hybridized carbons (Fsp3) is 0.647. The first-order valence-corrected chi connectivity index (χ1v) is 10.3. The van der Waals surface area contributed by atoms with E-state index in [2.05, 4.69) is 10.2 Å². The number of hydrogen-bond donors (Lipinski definition) is 1. The first kappa shape index (κ1) is 16.9. The Balaban J connectivity index is 1.87. The van der Waals surface area contributed by atoms with Gasteiger partial charge in [0.15, 0.2) is 9.84 Å². The summed E-state index contributed by atoms with van der Waals surface area (Å²) >= 11 is 0. The van der Waals surface area contributed by atoms with Crippen LogP contribution in [0.4, 0.5) is 0 Å². The summed E-state index contributed by atoms with van der Waals surface area (Å²) < 4.78 is 28.9. The van der Waals surface area contributed by atoms with Crippen molar-refractivity contribution < 1.29 is 13.2 Å². The molecule has 0 spiro atoms. The quantitative estimate of drug-likeness (QED) is 0.901. The van der Waals surface area contributed by atoms with Gasteiger partial charge in [0.25, 0.3) is 0 Å². The lowest BCUT2D eigenvalue weighted by Gasteiger charge is -2.41. The predicted octanol–water partition coefficient (Wildman–Crippen LogP) is 1.46. The Bertz CT molecular complexity index is 585. The van der Waals surface area contributed by atoms with Gasteiger partial charge >= 0.3 is 0 Å². The maximum atomic E-state index is 11.7. The number of sulfone groups is 1. The molecule has 0 aliphatic carbocycles. The molecular weight excluding hydrogens is 312 g/mol. The summed E-state index contributed by atoms with van der Waals surface area (Å²) in [5, 5.41) is 3.41. The summed E-state index contributed by atoms with van der Waals surface area (Å²) in [5.41, 5.74) is 1.23. The molecule has 2 aliphatic rings. The maximum Gasteiger partial charge on any atom is 0.175 e. The minimum absolute atomic E-state index is 0.356. The molecule has 1 N–H and O–H groups in total. The Hall–Kier alpha value is -0.950. The largest absolute Gasteiger partial charge is 0.381 e. The Morgan fingerprint density at radius 3 is 2.30 bits per heavy atom. The lowest BCUT2D eigenvalue weighted by Crippen LogP contribution is -2.47. The minimum Gasteiger partial charge on any atom is -0.381 e. The van der Waals surface area contributed by atoms with E-state index in [0.717, 1.165) is 52.2 Å². The third-order valence-corrected chi connectivity index (χ3v) is 6.04. The molecule has 6 heteroatoms. The van der Waals surface area contributed by atoms with Gasteiger partial charge in [-0.25, -0.2) is 8.42 Å². The highest BCUT2D eigenvalue weighted by Crippen LogP contribution is 2.35. The van der Waals surface area contributed by atoms with Crippen LogP contribution in [0.3, 0.4) is 0 Å². The molecule has 5 nitrogen and oxygen atoms in total. The van der Waals surface area contributed by atoms with Crippen LogP contribution in [0, 0.1) is 5.92 Å². The van der Waals surface area contributed by atoms with Crippen LogP contribution in [0.25, 0.3) is 0 Å². The van der Waals surface area contributed by atoms with Crippen molar-refractivity contribution in [2.45, 2.75) is 23.8 Å². The SMILES string of the molecule is CS(=O)(=O)c1ccc([C@@H](C2CCOCC2)N2CCNCC2)cc1. The highest BCUT2D eigenvalue weighted by atomic mass is 32.2. The minimum atomic E-state index is -3.14. The lowest BCUT2D eigenvalue weighted by atomic mass is 9.85. The predicted molar refractivity (Wildman–Crippen MR) is 90.3 cm³/mol. The normalized spacial score (nSPS) is 22.8. The molecule has 1 aromatic carbocycles. The molecule has 0 unspecified atom stereocenters. The van der Waals surface area contributed by atoms with E-state index in [1.807, 2.05) is 12.1 Å². The summed E-state index contributed by atoms with van der Waals surface area (Å²) in [6, 6.07) is 7.85. The molecular formula is C17H26N2O3S. The average Bonchev–Trinajstić information content (AvgIpc) is 2.57. The summed E-state index contributed by atoms with van der Waals surface area (Å²) in [6.45, 7) is 5.76. The molecule has 1 aromatic rings. The number of nitrogens with zero attached hydrogens (tertiary/aromatic N) is 1. The van der Waals surface area contributed by atoms with Gasteiger partial charge in [-0.05, 0) is 36.5 Å². The highest BCUT2D eigenvalue weighted by Gasteiger charge is 2.31. The Morgan fingerprint density at radius 1 is 1.13 bits per heavy atom. The van der Waals surface area contributed by atoms with E-state index >= 15 is 0 Å². The zero-order valence-corrected chi connectivity index (χ0v) is 14.5. The number of hydrogen-bond acceptors (Lipinski definition) is 5. The molecule has 2 heterocycles. The lowest BCUT2D eigenvalue weighted by molar-refractivity contribution is 0.0213. The molecule has 128 valence electrons. The molecule has 0 saturated carbocycles. The first-order valence-electron chi connectivity index (χ1n) is 8.38. The van der Waals surface area contributed by atoms with Crippen LogP contribution in [-0.2, 0) is 14.6 Å². The molecule has 2 fully saturated rings. The number of ether oxygens (including phenoxy) is 1. The van der Waals surface area contributed by atoms with Crippen LogP contribution < -0.4 is 5.32 Å². The van der Waals surface area contributed by atoms with E-state index in [0.29, 0.717) is 16.9 Å². The summed E-state index contributed by atoms with van der Waals surface area (Å²) in [6.07, 6.45) is 3.40. The van der Waals surface area contributed by atoms with Crippen molar-refractivity contribution in [1.82, 2.24) is 10.2 Å². The van der Waals surface area contributed by atoms with Crippen molar-refractivity contribution >= 4 is 9.84 Å². The van der Waals surface area contributed by atoms with E-state index in [1.165, 1.54) is 11.8 Å². The van der Waals surface area contributed by atoms with Crippen molar-refractivity contribution in [1.29, 1.82) is 0 Å². The molecule has 0 aromatic heterocycles. The molecule has 0 bridgehead atoms. The summed E-state index contributed by atoms with van der Waals surface area (Å²) in [4.78, 5) is 2.94. The fourth-order valence-electron chi connectivity index (χ4n) is 3.69. The van der Waals surface area contributed by atoms with Crippen molar-refractivity contribution in [3.05, 3.63) is 29.8 Å². The zero-order chi connectivity index (χ0) is 16.3. The van der Waals surface area contributed by atoms with Crippen LogP contribution in [0.1, 0.15) is 24.4 Å². The molecule has 1 atom stereocenters. The molecule has 0 radical (unpaired) electrons. The van der Waals surface area contributed by atoms with Crippen LogP contribution in [0.5, 0.6) is 0 Å². The van der Waals surface area contributed by atoms with Crippen LogP contribution in [0.2, 0.25) is 0 Å². The summed E-state index contributed by atoms with van der Waals surface area (Å²) in [5.74, 6) is 0.575. The topological polar surface area (TPSA) is 58.6 Å². The van der Waals surface area contributed by atoms with Gasteiger partial charge in [0.05, 0.1) is 4.90 Å². The van der Waals surface area contributed by atoms with E-state index in [9.17, 15) is 8.42 Å². The molecule has 2 aliphatic heterocycles. The van der Waals surface area contributed by atoms with Gasteiger partial charge in [-0.15, -0.1) is 0 Å². The van der Waals surface area contributed by atoms with Gasteiger partial charge in [0.2, 0.25) is 0 Å². The van der Waals surface area contributed by atoms with Crippen LogP contribution in [0.15, 0.2) is 29.2 Å². The van der Waals surface area contributed by atoms with Gasteiger partial charge in [0, 0.05) is 51.7 Å². The Kier molecular flexibility index (Phi) is 5.36. The van der Waals surface area contributed by atoms with Crippen molar-refractivity contribution in [3.8, 4) is 0 Å². The highest BCUT2D eigenvalue weighted by molar-refractivity contribution is 7.90. The van der Waals surface area contributed by atoms with Crippen molar-refractivity contribution in [2.24, 2.45) is 5.92 Å². The third kappa shape index (κ3) is 4.12. The van der Waals surface area contributed by atoms with E-state index < -0.39 is 9.84 Å². The molecule has 23 heavy (non-hydrogen) atoms. The van der Waals surface area contributed by atoms with Crippen molar-refractivity contribution in [2.75, 3.05) is 45.6 Å². The standard InChI is InChI=1S/C17H26N2O3S/c1-23(20,21)16-4-2-14(3-5-16)17(15-6-12-22-13-7-15)19-10-8-18-9-11-19/h2-5,15,17-18H,6-13H2,1H3/t17-/m0/s1. The van der Waals surface area contributed by atoms with Gasteiger partial charge in [-0.3, -0.25) is 4.90 Å². The average molecular weight is 338 g/mol. The number of nitrogens with one attached hydrogen (secondary N) is 1. The smallest absolute Gasteiger partial charge is 0.175 e. The number of rotatable bonds is 4. The molecule has 0 amide bonds. The molecule has 3 rings (SSSR count). The second-order valence-corrected chi connectivity index (χ2v) is 8.54. The van der Waals surface area contributed by atoms with E-state index in [1.54, 1.807) is 12.1 Å². The van der Waals surface area contributed by atoms with Gasteiger partial charge in [-0.1, -0.05) is 12.1 Å². The van der Waals surface area contributed by atoms with Crippen LogP contribution >= 0.6 is 0 Å². The monoisotopic (exact) mass is 338 g/mol. The van der Waals surface area contributed by atoms with Gasteiger partial charge in [-0.2, -0.15) is 0 Å². The number of piperazine rings is 1. The maximum absolute atomic E-state index is 11.7. The second-order valence-electron chi connectivity index (χ2n) is 6.52. The Morgan fingerprint density at radius 2 is 1.74 bits per heavy atom. The Labute approximate surface area is 138 Å². The van der Waals surface area contributed by atoms with Gasteiger partial charge < -0.3 is 10.1 Å².